The maximum absolute atomic E-state index is 12.3. The molecule has 0 unspecified atom stereocenters. The first-order chi connectivity index (χ1) is 12.8. The maximum Gasteiger partial charge on any atom is 0.329 e. The van der Waals surface area contributed by atoms with E-state index in [-0.39, 0.29) is 11.7 Å². The van der Waals surface area contributed by atoms with Crippen LogP contribution in [0, 0.1) is 12.8 Å². The standard InChI is InChI=1S/C19H21ClN2O5/c1-11(2)17(22-18(24)15-5-4-8-26-15)19(25)27-10-16(23)21-14-7-6-12(3)9-13(14)20/h4-9,11,17H,10H2,1-3H3,(H,21,23)(H,22,24)/t17-/m0/s1. The van der Waals surface area contributed by atoms with Gasteiger partial charge in [0.25, 0.3) is 11.8 Å². The fraction of sp³-hybridized carbons (Fsp3) is 0.316. The maximum atomic E-state index is 12.3. The number of esters is 1. The normalized spacial score (nSPS) is 11.7. The molecule has 1 aromatic heterocycles. The van der Waals surface area contributed by atoms with Crippen LogP contribution in [0.15, 0.2) is 41.0 Å². The van der Waals surface area contributed by atoms with Gasteiger partial charge in [0.15, 0.2) is 12.4 Å². The molecule has 27 heavy (non-hydrogen) atoms. The van der Waals surface area contributed by atoms with Crippen molar-refractivity contribution in [2.24, 2.45) is 5.92 Å². The second-order valence-electron chi connectivity index (χ2n) is 6.31. The highest BCUT2D eigenvalue weighted by Crippen LogP contribution is 2.22. The van der Waals surface area contributed by atoms with Gasteiger partial charge in [-0.3, -0.25) is 9.59 Å². The predicted molar refractivity (Wildman–Crippen MR) is 101 cm³/mol. The SMILES string of the molecule is Cc1ccc(NC(=O)COC(=O)[C@@H](NC(=O)c2ccco2)C(C)C)c(Cl)c1. The van der Waals surface area contributed by atoms with E-state index in [1.165, 1.54) is 12.3 Å². The first kappa shape index (κ1) is 20.5. The first-order valence-corrected chi connectivity index (χ1v) is 8.72. The Labute approximate surface area is 162 Å². The molecule has 0 bridgehead atoms. The van der Waals surface area contributed by atoms with Crippen molar-refractivity contribution in [3.05, 3.63) is 52.9 Å². The molecule has 1 heterocycles. The Hall–Kier alpha value is -2.80. The van der Waals surface area contributed by atoms with Crippen molar-refractivity contribution in [2.45, 2.75) is 26.8 Å². The number of hydrogen-bond acceptors (Lipinski definition) is 5. The smallest absolute Gasteiger partial charge is 0.329 e. The molecule has 0 aliphatic heterocycles. The quantitative estimate of drug-likeness (QED) is 0.705. The Bertz CT molecular complexity index is 818. The Morgan fingerprint density at radius 2 is 1.96 bits per heavy atom. The summed E-state index contributed by atoms with van der Waals surface area (Å²) in [6, 6.07) is 7.31. The largest absolute Gasteiger partial charge is 0.459 e. The molecule has 1 atom stereocenters. The van der Waals surface area contributed by atoms with E-state index in [0.717, 1.165) is 5.56 Å². The molecule has 0 radical (unpaired) electrons. The van der Waals surface area contributed by atoms with Gasteiger partial charge in [-0.2, -0.15) is 0 Å². The van der Waals surface area contributed by atoms with Crippen LogP contribution >= 0.6 is 11.6 Å². The van der Waals surface area contributed by atoms with Gasteiger partial charge in [0.05, 0.1) is 17.0 Å². The Morgan fingerprint density at radius 3 is 2.56 bits per heavy atom. The number of benzene rings is 1. The molecule has 0 spiro atoms. The second-order valence-corrected chi connectivity index (χ2v) is 6.72. The number of halogens is 1. The summed E-state index contributed by atoms with van der Waals surface area (Å²) in [5.41, 5.74) is 1.38. The third-order valence-electron chi connectivity index (χ3n) is 3.70. The van der Waals surface area contributed by atoms with Crippen LogP contribution in [0.4, 0.5) is 5.69 Å². The summed E-state index contributed by atoms with van der Waals surface area (Å²) in [5, 5.41) is 5.51. The number of carbonyl (C=O) groups excluding carboxylic acids is 3. The van der Waals surface area contributed by atoms with Crippen LogP contribution in [0.3, 0.4) is 0 Å². The summed E-state index contributed by atoms with van der Waals surface area (Å²) >= 11 is 6.06. The van der Waals surface area contributed by atoms with Crippen molar-refractivity contribution in [1.82, 2.24) is 5.32 Å². The number of aryl methyl sites for hydroxylation is 1. The number of nitrogens with one attached hydrogen (secondary N) is 2. The van der Waals surface area contributed by atoms with Gasteiger partial charge in [0, 0.05) is 0 Å². The lowest BCUT2D eigenvalue weighted by atomic mass is 10.0. The van der Waals surface area contributed by atoms with Crippen molar-refractivity contribution >= 4 is 35.1 Å². The van der Waals surface area contributed by atoms with Crippen molar-refractivity contribution in [3.8, 4) is 0 Å². The minimum atomic E-state index is -0.918. The molecule has 8 heteroatoms. The fourth-order valence-corrected chi connectivity index (χ4v) is 2.53. The molecule has 7 nitrogen and oxygen atoms in total. The molecule has 0 fully saturated rings. The molecule has 0 saturated carbocycles. The van der Waals surface area contributed by atoms with Gasteiger partial charge in [-0.25, -0.2) is 4.79 Å². The number of anilines is 1. The van der Waals surface area contributed by atoms with Crippen LogP contribution in [0.25, 0.3) is 0 Å². The van der Waals surface area contributed by atoms with Crippen molar-refractivity contribution in [3.63, 3.8) is 0 Å². The summed E-state index contributed by atoms with van der Waals surface area (Å²) in [5.74, 6) is -1.94. The average Bonchev–Trinajstić information content (AvgIpc) is 3.14. The van der Waals surface area contributed by atoms with E-state index >= 15 is 0 Å². The number of ether oxygens (including phenoxy) is 1. The van der Waals surface area contributed by atoms with Gasteiger partial charge >= 0.3 is 5.97 Å². The summed E-state index contributed by atoms with van der Waals surface area (Å²) < 4.78 is 10.0. The van der Waals surface area contributed by atoms with Gasteiger partial charge in [-0.1, -0.05) is 31.5 Å². The Morgan fingerprint density at radius 1 is 1.22 bits per heavy atom. The van der Waals surface area contributed by atoms with E-state index in [9.17, 15) is 14.4 Å². The number of carbonyl (C=O) groups is 3. The van der Waals surface area contributed by atoms with E-state index < -0.39 is 30.4 Å². The molecule has 2 rings (SSSR count). The van der Waals surface area contributed by atoms with Crippen LogP contribution in [-0.2, 0) is 14.3 Å². The lowest BCUT2D eigenvalue weighted by molar-refractivity contribution is -0.150. The highest BCUT2D eigenvalue weighted by molar-refractivity contribution is 6.33. The zero-order valence-corrected chi connectivity index (χ0v) is 16.0. The van der Waals surface area contributed by atoms with Crippen molar-refractivity contribution in [2.75, 3.05) is 11.9 Å². The van der Waals surface area contributed by atoms with Gasteiger partial charge in [0.2, 0.25) is 0 Å². The minimum Gasteiger partial charge on any atom is -0.459 e. The first-order valence-electron chi connectivity index (χ1n) is 8.35. The lowest BCUT2D eigenvalue weighted by Crippen LogP contribution is -2.45. The molecule has 144 valence electrons. The molecule has 1 aromatic carbocycles. The topological polar surface area (TPSA) is 97.6 Å². The number of amides is 2. The van der Waals surface area contributed by atoms with Crippen LogP contribution in [0.2, 0.25) is 5.02 Å². The summed E-state index contributed by atoms with van der Waals surface area (Å²) in [6.45, 7) is 4.88. The van der Waals surface area contributed by atoms with E-state index in [0.29, 0.717) is 10.7 Å². The van der Waals surface area contributed by atoms with E-state index in [1.807, 2.05) is 6.92 Å². The highest BCUT2D eigenvalue weighted by atomic mass is 35.5. The molecule has 0 aliphatic carbocycles. The molecular weight excluding hydrogens is 372 g/mol. The number of furan rings is 1. The van der Waals surface area contributed by atoms with Gasteiger partial charge < -0.3 is 19.8 Å². The van der Waals surface area contributed by atoms with Crippen LogP contribution < -0.4 is 10.6 Å². The average molecular weight is 393 g/mol. The molecular formula is C19H21ClN2O5. The molecule has 0 saturated heterocycles. The Kier molecular flexibility index (Phi) is 7.01. The predicted octanol–water partition coefficient (Wildman–Crippen LogP) is 3.18. The molecule has 2 N–H and O–H groups in total. The van der Waals surface area contributed by atoms with Crippen LogP contribution in [0.5, 0.6) is 0 Å². The van der Waals surface area contributed by atoms with Gasteiger partial charge in [0.1, 0.15) is 6.04 Å². The van der Waals surface area contributed by atoms with Gasteiger partial charge in [-0.15, -0.1) is 0 Å². The lowest BCUT2D eigenvalue weighted by Gasteiger charge is -2.20. The summed E-state index contributed by atoms with van der Waals surface area (Å²) in [6.07, 6.45) is 1.36. The third kappa shape index (κ3) is 5.86. The van der Waals surface area contributed by atoms with Crippen molar-refractivity contribution in [1.29, 1.82) is 0 Å². The zero-order valence-electron chi connectivity index (χ0n) is 15.2. The van der Waals surface area contributed by atoms with Crippen LogP contribution in [0.1, 0.15) is 30.0 Å². The molecule has 2 aromatic rings. The van der Waals surface area contributed by atoms with Gasteiger partial charge in [-0.05, 0) is 42.7 Å². The highest BCUT2D eigenvalue weighted by Gasteiger charge is 2.27. The summed E-state index contributed by atoms with van der Waals surface area (Å²) in [7, 11) is 0. The minimum absolute atomic E-state index is 0.0835. The van der Waals surface area contributed by atoms with Crippen LogP contribution in [-0.4, -0.2) is 30.4 Å². The summed E-state index contributed by atoms with van der Waals surface area (Å²) in [4.78, 5) is 36.4. The zero-order chi connectivity index (χ0) is 20.0. The molecule has 2 amide bonds. The molecule has 0 aliphatic rings. The second kappa shape index (κ2) is 9.23. The number of rotatable bonds is 7. The monoisotopic (exact) mass is 392 g/mol. The Balaban J connectivity index is 1.91. The van der Waals surface area contributed by atoms with E-state index in [4.69, 9.17) is 20.8 Å². The van der Waals surface area contributed by atoms with E-state index in [2.05, 4.69) is 10.6 Å². The fourth-order valence-electron chi connectivity index (χ4n) is 2.25. The number of hydrogen-bond donors (Lipinski definition) is 2. The van der Waals surface area contributed by atoms with E-state index in [1.54, 1.807) is 38.1 Å². The third-order valence-corrected chi connectivity index (χ3v) is 4.01. The van der Waals surface area contributed by atoms with Crippen molar-refractivity contribution < 1.29 is 23.5 Å².